The molecule has 0 atom stereocenters. The minimum atomic E-state index is 0.171. The molecule has 1 saturated carbocycles. The van der Waals surface area contributed by atoms with Crippen LogP contribution in [-0.4, -0.2) is 53.4 Å². The van der Waals surface area contributed by atoms with E-state index in [1.54, 1.807) is 0 Å². The SMILES string of the molecule is CC(C)CN1CCN(C(=O)c2cc(C3CC3)nc3ccccc23)CC1. The largest absolute Gasteiger partial charge is 0.336 e. The quantitative estimate of drug-likeness (QED) is 0.856. The van der Waals surface area contributed by atoms with Gasteiger partial charge in [-0.1, -0.05) is 32.0 Å². The van der Waals surface area contributed by atoms with Crippen LogP contribution in [0.3, 0.4) is 0 Å². The van der Waals surface area contributed by atoms with Crippen LogP contribution in [0.1, 0.15) is 48.7 Å². The summed E-state index contributed by atoms with van der Waals surface area (Å²) in [5, 5.41) is 0.988. The highest BCUT2D eigenvalue weighted by molar-refractivity contribution is 6.06. The van der Waals surface area contributed by atoms with E-state index in [4.69, 9.17) is 4.98 Å². The molecule has 132 valence electrons. The van der Waals surface area contributed by atoms with Crippen molar-refractivity contribution in [1.29, 1.82) is 0 Å². The molecular formula is C21H27N3O. The minimum absolute atomic E-state index is 0.171. The summed E-state index contributed by atoms with van der Waals surface area (Å²) in [6.45, 7) is 9.21. The second-order valence-corrected chi connectivity index (χ2v) is 7.87. The number of amides is 1. The molecule has 0 unspecified atom stereocenters. The van der Waals surface area contributed by atoms with Gasteiger partial charge in [0.2, 0.25) is 0 Å². The second-order valence-electron chi connectivity index (χ2n) is 7.87. The topological polar surface area (TPSA) is 36.4 Å². The molecule has 1 aromatic carbocycles. The van der Waals surface area contributed by atoms with Gasteiger partial charge in [0.1, 0.15) is 0 Å². The van der Waals surface area contributed by atoms with Crippen LogP contribution in [0.4, 0.5) is 0 Å². The predicted octanol–water partition coefficient (Wildman–Crippen LogP) is 3.53. The number of para-hydroxylation sites is 1. The van der Waals surface area contributed by atoms with Crippen LogP contribution in [-0.2, 0) is 0 Å². The summed E-state index contributed by atoms with van der Waals surface area (Å²) in [6, 6.07) is 10.1. The number of piperazine rings is 1. The average molecular weight is 337 g/mol. The Kier molecular flexibility index (Phi) is 4.46. The van der Waals surface area contributed by atoms with E-state index in [1.165, 1.54) is 12.8 Å². The first-order chi connectivity index (χ1) is 12.1. The van der Waals surface area contributed by atoms with Crippen molar-refractivity contribution in [2.24, 2.45) is 5.92 Å². The highest BCUT2D eigenvalue weighted by Gasteiger charge is 2.29. The molecule has 2 fully saturated rings. The zero-order valence-electron chi connectivity index (χ0n) is 15.2. The number of hydrogen-bond acceptors (Lipinski definition) is 3. The Morgan fingerprint density at radius 3 is 2.56 bits per heavy atom. The average Bonchev–Trinajstić information content (AvgIpc) is 3.45. The van der Waals surface area contributed by atoms with Gasteiger partial charge in [0.05, 0.1) is 11.1 Å². The summed E-state index contributed by atoms with van der Waals surface area (Å²) in [5.74, 6) is 1.40. The standard InChI is InChI=1S/C21H27N3O/c1-15(2)14-23-9-11-24(12-10-23)21(25)18-13-20(16-7-8-16)22-19-6-4-3-5-17(18)19/h3-6,13,15-16H,7-12,14H2,1-2H3. The zero-order valence-corrected chi connectivity index (χ0v) is 15.2. The third-order valence-electron chi connectivity index (χ3n) is 5.24. The summed E-state index contributed by atoms with van der Waals surface area (Å²) in [5.41, 5.74) is 2.89. The van der Waals surface area contributed by atoms with Gasteiger partial charge in [0, 0.05) is 49.7 Å². The van der Waals surface area contributed by atoms with Crippen molar-refractivity contribution in [3.63, 3.8) is 0 Å². The Labute approximate surface area is 149 Å². The number of carbonyl (C=O) groups excluding carboxylic acids is 1. The molecule has 1 amide bonds. The lowest BCUT2D eigenvalue weighted by atomic mass is 10.0. The molecule has 25 heavy (non-hydrogen) atoms. The molecule has 1 saturated heterocycles. The molecule has 1 aliphatic heterocycles. The van der Waals surface area contributed by atoms with E-state index in [1.807, 2.05) is 29.2 Å². The number of fused-ring (bicyclic) bond motifs is 1. The van der Waals surface area contributed by atoms with Crippen LogP contribution in [0.25, 0.3) is 10.9 Å². The number of benzene rings is 1. The van der Waals surface area contributed by atoms with Crippen molar-refractivity contribution in [3.05, 3.63) is 41.6 Å². The maximum absolute atomic E-state index is 13.2. The molecular weight excluding hydrogens is 310 g/mol. The fourth-order valence-electron chi connectivity index (χ4n) is 3.78. The van der Waals surface area contributed by atoms with Gasteiger partial charge < -0.3 is 4.90 Å². The number of nitrogens with zero attached hydrogens (tertiary/aromatic N) is 3. The zero-order chi connectivity index (χ0) is 17.4. The normalized spacial score (nSPS) is 18.9. The maximum atomic E-state index is 13.2. The van der Waals surface area contributed by atoms with Gasteiger partial charge in [-0.25, -0.2) is 0 Å². The predicted molar refractivity (Wildman–Crippen MR) is 101 cm³/mol. The fraction of sp³-hybridized carbons (Fsp3) is 0.524. The molecule has 1 aromatic heterocycles. The van der Waals surface area contributed by atoms with E-state index >= 15 is 0 Å². The van der Waals surface area contributed by atoms with Gasteiger partial charge >= 0.3 is 0 Å². The van der Waals surface area contributed by atoms with E-state index < -0.39 is 0 Å². The smallest absolute Gasteiger partial charge is 0.254 e. The molecule has 2 aromatic rings. The van der Waals surface area contributed by atoms with Gasteiger partial charge in [-0.05, 0) is 30.9 Å². The molecule has 1 aliphatic carbocycles. The summed E-state index contributed by atoms with van der Waals surface area (Å²) >= 11 is 0. The van der Waals surface area contributed by atoms with Crippen LogP contribution in [0, 0.1) is 5.92 Å². The van der Waals surface area contributed by atoms with E-state index in [0.29, 0.717) is 11.8 Å². The van der Waals surface area contributed by atoms with Crippen LogP contribution in [0.5, 0.6) is 0 Å². The highest BCUT2D eigenvalue weighted by atomic mass is 16.2. The van der Waals surface area contributed by atoms with Crippen LogP contribution < -0.4 is 0 Å². The lowest BCUT2D eigenvalue weighted by molar-refractivity contribution is 0.0625. The minimum Gasteiger partial charge on any atom is -0.336 e. The fourth-order valence-corrected chi connectivity index (χ4v) is 3.78. The molecule has 0 N–H and O–H groups in total. The van der Waals surface area contributed by atoms with Crippen molar-refractivity contribution in [2.75, 3.05) is 32.7 Å². The van der Waals surface area contributed by atoms with Crippen molar-refractivity contribution in [3.8, 4) is 0 Å². The van der Waals surface area contributed by atoms with Crippen molar-refractivity contribution in [1.82, 2.24) is 14.8 Å². The summed E-state index contributed by atoms with van der Waals surface area (Å²) in [4.78, 5) is 22.5. The lowest BCUT2D eigenvalue weighted by Gasteiger charge is -2.35. The number of carbonyl (C=O) groups is 1. The Balaban J connectivity index is 1.58. The van der Waals surface area contributed by atoms with Crippen molar-refractivity contribution < 1.29 is 4.79 Å². The first-order valence-electron chi connectivity index (χ1n) is 9.53. The van der Waals surface area contributed by atoms with E-state index in [0.717, 1.165) is 54.9 Å². The third kappa shape index (κ3) is 3.54. The molecule has 0 spiro atoms. The van der Waals surface area contributed by atoms with Crippen molar-refractivity contribution >= 4 is 16.8 Å². The first-order valence-corrected chi connectivity index (χ1v) is 9.53. The van der Waals surface area contributed by atoms with Crippen molar-refractivity contribution in [2.45, 2.75) is 32.6 Å². The highest BCUT2D eigenvalue weighted by Crippen LogP contribution is 2.40. The Morgan fingerprint density at radius 1 is 1.16 bits per heavy atom. The van der Waals surface area contributed by atoms with Crippen LogP contribution in [0.15, 0.2) is 30.3 Å². The molecule has 4 heteroatoms. The number of rotatable bonds is 4. The van der Waals surface area contributed by atoms with Gasteiger partial charge in [0.25, 0.3) is 5.91 Å². The van der Waals surface area contributed by atoms with Gasteiger partial charge in [-0.15, -0.1) is 0 Å². The van der Waals surface area contributed by atoms with E-state index in [2.05, 4.69) is 24.8 Å². The molecule has 0 bridgehead atoms. The Bertz CT molecular complexity index is 774. The summed E-state index contributed by atoms with van der Waals surface area (Å²) < 4.78 is 0. The second kappa shape index (κ2) is 6.75. The third-order valence-corrected chi connectivity index (χ3v) is 5.24. The lowest BCUT2D eigenvalue weighted by Crippen LogP contribution is -2.49. The first kappa shape index (κ1) is 16.5. The molecule has 2 heterocycles. The van der Waals surface area contributed by atoms with Crippen LogP contribution >= 0.6 is 0 Å². The van der Waals surface area contributed by atoms with Gasteiger partial charge in [0.15, 0.2) is 0 Å². The van der Waals surface area contributed by atoms with Gasteiger partial charge in [-0.2, -0.15) is 0 Å². The van der Waals surface area contributed by atoms with Gasteiger partial charge in [-0.3, -0.25) is 14.7 Å². The molecule has 4 nitrogen and oxygen atoms in total. The maximum Gasteiger partial charge on any atom is 0.254 e. The summed E-state index contributed by atoms with van der Waals surface area (Å²) in [6.07, 6.45) is 2.40. The Hall–Kier alpha value is -1.94. The van der Waals surface area contributed by atoms with E-state index in [-0.39, 0.29) is 5.91 Å². The number of pyridine rings is 1. The molecule has 2 aliphatic rings. The summed E-state index contributed by atoms with van der Waals surface area (Å²) in [7, 11) is 0. The monoisotopic (exact) mass is 337 g/mol. The van der Waals surface area contributed by atoms with E-state index in [9.17, 15) is 4.79 Å². The number of aromatic nitrogens is 1. The Morgan fingerprint density at radius 2 is 1.88 bits per heavy atom. The molecule has 4 rings (SSSR count). The molecule has 0 radical (unpaired) electrons. The van der Waals surface area contributed by atoms with Crippen LogP contribution in [0.2, 0.25) is 0 Å². The number of hydrogen-bond donors (Lipinski definition) is 0.